The largest absolute Gasteiger partial charge is 0.296 e. The van der Waals surface area contributed by atoms with Crippen molar-refractivity contribution in [3.8, 4) is 22.5 Å². The van der Waals surface area contributed by atoms with Gasteiger partial charge in [-0.1, -0.05) is 23.7 Å². The van der Waals surface area contributed by atoms with Crippen molar-refractivity contribution in [2.45, 2.75) is 0 Å². The standard InChI is InChI=1S/C18H10ClFN2OS/c19-13-5-1-12(2-6-13)17-15(9-23)22-16(10-24-18(22)21-17)11-3-7-14(20)8-4-11/h1-10H. The molecule has 0 fully saturated rings. The molecular weight excluding hydrogens is 347 g/mol. The Balaban J connectivity index is 1.94. The van der Waals surface area contributed by atoms with Crippen LogP contribution in [0.15, 0.2) is 53.9 Å². The Bertz CT molecular complexity index is 1040. The van der Waals surface area contributed by atoms with E-state index in [1.807, 2.05) is 17.5 Å². The normalized spacial score (nSPS) is 11.1. The SMILES string of the molecule is O=Cc1c(-c2ccc(Cl)cc2)nc2scc(-c3ccc(F)cc3)n12. The minimum Gasteiger partial charge on any atom is -0.296 e. The van der Waals surface area contributed by atoms with Crippen LogP contribution < -0.4 is 0 Å². The van der Waals surface area contributed by atoms with Gasteiger partial charge >= 0.3 is 0 Å². The molecule has 0 N–H and O–H groups in total. The highest BCUT2D eigenvalue weighted by molar-refractivity contribution is 7.15. The maximum atomic E-state index is 13.2. The molecule has 24 heavy (non-hydrogen) atoms. The molecule has 0 saturated carbocycles. The van der Waals surface area contributed by atoms with Crippen LogP contribution in [-0.4, -0.2) is 15.7 Å². The molecule has 0 aliphatic carbocycles. The zero-order valence-electron chi connectivity index (χ0n) is 12.2. The third-order valence-corrected chi connectivity index (χ3v) is 4.85. The maximum absolute atomic E-state index is 13.2. The molecule has 0 saturated heterocycles. The summed E-state index contributed by atoms with van der Waals surface area (Å²) in [5, 5.41) is 2.54. The third-order valence-electron chi connectivity index (χ3n) is 3.77. The van der Waals surface area contributed by atoms with Crippen molar-refractivity contribution in [2.24, 2.45) is 0 Å². The Kier molecular flexibility index (Phi) is 3.67. The smallest absolute Gasteiger partial charge is 0.195 e. The van der Waals surface area contributed by atoms with E-state index < -0.39 is 0 Å². The molecule has 3 nitrogen and oxygen atoms in total. The predicted octanol–water partition coefficient (Wildman–Crippen LogP) is 5.33. The van der Waals surface area contributed by atoms with E-state index in [0.29, 0.717) is 21.4 Å². The molecule has 2 aromatic carbocycles. The predicted molar refractivity (Wildman–Crippen MR) is 94.3 cm³/mol. The van der Waals surface area contributed by atoms with Crippen LogP contribution in [-0.2, 0) is 0 Å². The van der Waals surface area contributed by atoms with Crippen LogP contribution in [0.2, 0.25) is 5.02 Å². The van der Waals surface area contributed by atoms with Gasteiger partial charge in [-0.2, -0.15) is 0 Å². The molecule has 118 valence electrons. The highest BCUT2D eigenvalue weighted by Gasteiger charge is 2.18. The number of fused-ring (bicyclic) bond motifs is 1. The number of thiazole rings is 1. The lowest BCUT2D eigenvalue weighted by molar-refractivity contribution is 0.111. The van der Waals surface area contributed by atoms with E-state index in [9.17, 15) is 9.18 Å². The fraction of sp³-hybridized carbons (Fsp3) is 0. The average Bonchev–Trinajstić information content (AvgIpc) is 3.15. The average molecular weight is 357 g/mol. The first-order chi connectivity index (χ1) is 11.7. The number of halogens is 2. The minimum absolute atomic E-state index is 0.298. The van der Waals surface area contributed by atoms with Gasteiger partial charge in [-0.15, -0.1) is 11.3 Å². The Hall–Kier alpha value is -2.50. The number of nitrogens with zero attached hydrogens (tertiary/aromatic N) is 2. The van der Waals surface area contributed by atoms with Gasteiger partial charge in [-0.05, 0) is 42.0 Å². The van der Waals surface area contributed by atoms with Crippen LogP contribution in [0, 0.1) is 5.82 Å². The van der Waals surface area contributed by atoms with Gasteiger partial charge in [-0.3, -0.25) is 9.20 Å². The maximum Gasteiger partial charge on any atom is 0.195 e. The quantitative estimate of drug-likeness (QED) is 0.465. The van der Waals surface area contributed by atoms with Gasteiger partial charge in [-0.25, -0.2) is 9.37 Å². The second kappa shape index (κ2) is 5.85. The van der Waals surface area contributed by atoms with Gasteiger partial charge in [0.15, 0.2) is 11.2 Å². The monoisotopic (exact) mass is 356 g/mol. The number of aromatic nitrogens is 2. The summed E-state index contributed by atoms with van der Waals surface area (Å²) in [6.45, 7) is 0. The van der Waals surface area contributed by atoms with E-state index in [-0.39, 0.29) is 5.82 Å². The van der Waals surface area contributed by atoms with Crippen LogP contribution in [0.4, 0.5) is 4.39 Å². The molecular formula is C18H10ClFN2OS. The lowest BCUT2D eigenvalue weighted by atomic mass is 10.1. The number of carbonyl (C=O) groups is 1. The summed E-state index contributed by atoms with van der Waals surface area (Å²) in [5.74, 6) is -0.298. The summed E-state index contributed by atoms with van der Waals surface area (Å²) in [5.41, 5.74) is 3.53. The summed E-state index contributed by atoms with van der Waals surface area (Å²) in [6.07, 6.45) is 0.795. The minimum atomic E-state index is -0.298. The molecule has 0 aliphatic heterocycles. The van der Waals surface area contributed by atoms with Gasteiger partial charge in [0, 0.05) is 16.0 Å². The lowest BCUT2D eigenvalue weighted by Gasteiger charge is -2.03. The van der Waals surface area contributed by atoms with Gasteiger partial charge in [0.1, 0.15) is 17.2 Å². The van der Waals surface area contributed by atoms with Crippen molar-refractivity contribution < 1.29 is 9.18 Å². The Morgan fingerprint density at radius 2 is 1.71 bits per heavy atom. The molecule has 0 spiro atoms. The highest BCUT2D eigenvalue weighted by atomic mass is 35.5. The number of benzene rings is 2. The lowest BCUT2D eigenvalue weighted by Crippen LogP contribution is -1.94. The summed E-state index contributed by atoms with van der Waals surface area (Å²) < 4.78 is 15.0. The number of carbonyl (C=O) groups excluding carboxylic acids is 1. The Labute approximate surface area is 146 Å². The summed E-state index contributed by atoms with van der Waals surface area (Å²) >= 11 is 7.36. The molecule has 0 amide bonds. The van der Waals surface area contributed by atoms with Crippen molar-refractivity contribution in [3.63, 3.8) is 0 Å². The molecule has 6 heteroatoms. The Morgan fingerprint density at radius 3 is 2.38 bits per heavy atom. The van der Waals surface area contributed by atoms with Crippen molar-refractivity contribution >= 4 is 34.2 Å². The Morgan fingerprint density at radius 1 is 1.04 bits per heavy atom. The van der Waals surface area contributed by atoms with Crippen LogP contribution in [0.1, 0.15) is 10.5 Å². The molecule has 2 aromatic heterocycles. The molecule has 0 aliphatic rings. The topological polar surface area (TPSA) is 34.4 Å². The van der Waals surface area contributed by atoms with Crippen molar-refractivity contribution in [1.82, 2.24) is 9.38 Å². The highest BCUT2D eigenvalue weighted by Crippen LogP contribution is 2.32. The van der Waals surface area contributed by atoms with Gasteiger partial charge in [0.25, 0.3) is 0 Å². The second-order valence-electron chi connectivity index (χ2n) is 5.22. The number of rotatable bonds is 3. The van der Waals surface area contributed by atoms with Gasteiger partial charge < -0.3 is 0 Å². The van der Waals surface area contributed by atoms with E-state index in [2.05, 4.69) is 4.98 Å². The van der Waals surface area contributed by atoms with E-state index in [0.717, 1.165) is 23.1 Å². The van der Waals surface area contributed by atoms with Gasteiger partial charge in [0.2, 0.25) is 0 Å². The number of aldehydes is 1. The first kappa shape index (κ1) is 15.1. The molecule has 0 bridgehead atoms. The number of hydrogen-bond donors (Lipinski definition) is 0. The van der Waals surface area contributed by atoms with Crippen molar-refractivity contribution in [3.05, 3.63) is 70.4 Å². The first-order valence-corrected chi connectivity index (χ1v) is 8.40. The zero-order chi connectivity index (χ0) is 16.7. The molecule has 0 radical (unpaired) electrons. The molecule has 0 unspecified atom stereocenters. The van der Waals surface area contributed by atoms with Crippen LogP contribution in [0.3, 0.4) is 0 Å². The summed E-state index contributed by atoms with van der Waals surface area (Å²) in [6, 6.07) is 13.4. The second-order valence-corrected chi connectivity index (χ2v) is 6.49. The van der Waals surface area contributed by atoms with Crippen LogP contribution in [0.25, 0.3) is 27.5 Å². The van der Waals surface area contributed by atoms with E-state index >= 15 is 0 Å². The zero-order valence-corrected chi connectivity index (χ0v) is 13.8. The van der Waals surface area contributed by atoms with E-state index in [4.69, 9.17) is 11.6 Å². The van der Waals surface area contributed by atoms with Crippen LogP contribution in [0.5, 0.6) is 0 Å². The molecule has 4 aromatic rings. The fourth-order valence-corrected chi connectivity index (χ4v) is 3.66. The molecule has 0 atom stereocenters. The van der Waals surface area contributed by atoms with Crippen molar-refractivity contribution in [2.75, 3.05) is 0 Å². The third kappa shape index (κ3) is 2.42. The fourth-order valence-electron chi connectivity index (χ4n) is 2.63. The molecule has 2 heterocycles. The van der Waals surface area contributed by atoms with E-state index in [1.165, 1.54) is 23.5 Å². The number of imidazole rings is 1. The van der Waals surface area contributed by atoms with E-state index in [1.54, 1.807) is 28.7 Å². The summed E-state index contributed by atoms with van der Waals surface area (Å²) in [7, 11) is 0. The number of hydrogen-bond acceptors (Lipinski definition) is 3. The molecule has 4 rings (SSSR count). The van der Waals surface area contributed by atoms with Gasteiger partial charge in [0.05, 0.1) is 5.69 Å². The summed E-state index contributed by atoms with van der Waals surface area (Å²) in [4.78, 5) is 17.0. The van der Waals surface area contributed by atoms with Crippen molar-refractivity contribution in [1.29, 1.82) is 0 Å². The van der Waals surface area contributed by atoms with Crippen LogP contribution >= 0.6 is 22.9 Å². The first-order valence-electron chi connectivity index (χ1n) is 7.14.